The average molecular weight is 490 g/mol. The number of carbonyl (C=O) groups is 1. The second-order valence-electron chi connectivity index (χ2n) is 8.98. The maximum Gasteiger partial charge on any atom is 0.258 e. The van der Waals surface area contributed by atoms with Crippen molar-refractivity contribution in [2.75, 3.05) is 6.61 Å². The normalized spacial score (nSPS) is 21.8. The van der Waals surface area contributed by atoms with E-state index >= 15 is 0 Å². The van der Waals surface area contributed by atoms with Gasteiger partial charge in [-0.25, -0.2) is 0 Å². The number of nitrogens with one attached hydrogen (secondary N) is 1. The topological polar surface area (TPSA) is 86.5 Å². The van der Waals surface area contributed by atoms with Gasteiger partial charge >= 0.3 is 0 Å². The van der Waals surface area contributed by atoms with E-state index in [9.17, 15) is 4.79 Å². The highest BCUT2D eigenvalue weighted by Gasteiger charge is 2.53. The molecule has 7 nitrogen and oxygen atoms in total. The van der Waals surface area contributed by atoms with Crippen LogP contribution >= 0.6 is 23.2 Å². The molecule has 1 heterocycles. The van der Waals surface area contributed by atoms with E-state index in [2.05, 4.69) is 15.5 Å². The minimum absolute atomic E-state index is 0.0693. The molecule has 9 heteroatoms. The molecular formula is C24H25Cl2N3O4. The number of benzene rings is 2. The van der Waals surface area contributed by atoms with Crippen molar-refractivity contribution in [1.29, 1.82) is 0 Å². The molecule has 2 aromatic carbocycles. The van der Waals surface area contributed by atoms with Crippen molar-refractivity contribution >= 4 is 29.1 Å². The summed E-state index contributed by atoms with van der Waals surface area (Å²) in [4.78, 5) is 16.9. The molecular weight excluding hydrogens is 465 g/mol. The van der Waals surface area contributed by atoms with Gasteiger partial charge in [0.05, 0.1) is 5.41 Å². The van der Waals surface area contributed by atoms with Gasteiger partial charge in [0.25, 0.3) is 5.91 Å². The maximum absolute atomic E-state index is 12.4. The molecule has 174 valence electrons. The van der Waals surface area contributed by atoms with Crippen LogP contribution < -0.4 is 14.8 Å². The quantitative estimate of drug-likeness (QED) is 0.463. The minimum atomic E-state index is -0.375. The Labute approximate surface area is 202 Å². The van der Waals surface area contributed by atoms with Gasteiger partial charge in [-0.15, -0.1) is 0 Å². The number of hydrogen-bond acceptors (Lipinski definition) is 6. The first kappa shape index (κ1) is 23.4. The van der Waals surface area contributed by atoms with E-state index in [1.165, 1.54) is 0 Å². The van der Waals surface area contributed by atoms with Gasteiger partial charge in [0.1, 0.15) is 11.5 Å². The first-order valence-corrected chi connectivity index (χ1v) is 11.3. The van der Waals surface area contributed by atoms with Crippen LogP contribution in [0.1, 0.15) is 44.0 Å². The van der Waals surface area contributed by atoms with Gasteiger partial charge in [-0.3, -0.25) is 4.79 Å². The average Bonchev–Trinajstić information content (AvgIpc) is 3.23. The monoisotopic (exact) mass is 489 g/mol. The number of nitrogens with zero attached hydrogens (tertiary/aromatic N) is 2. The van der Waals surface area contributed by atoms with Crippen molar-refractivity contribution in [3.63, 3.8) is 0 Å². The van der Waals surface area contributed by atoms with E-state index in [0.29, 0.717) is 46.1 Å². The van der Waals surface area contributed by atoms with E-state index < -0.39 is 0 Å². The standard InChI is InChI=1S/C24H25Cl2N3O4/c1-15-10-18(8-9-19(15)26)32-12-21(30)28-24(3)13-23(2,14-24)22-27-20(29-33-22)11-31-17-6-4-16(25)5-7-17/h4-10H,11-14H2,1-3H3,(H,28,30). The van der Waals surface area contributed by atoms with Gasteiger partial charge in [-0.1, -0.05) is 35.3 Å². The van der Waals surface area contributed by atoms with Crippen LogP contribution in [0.5, 0.6) is 11.5 Å². The van der Waals surface area contributed by atoms with Gasteiger partial charge in [0, 0.05) is 15.6 Å². The fourth-order valence-electron chi connectivity index (χ4n) is 4.38. The number of halogens is 2. The van der Waals surface area contributed by atoms with Crippen LogP contribution in [0.15, 0.2) is 47.0 Å². The Hall–Kier alpha value is -2.77. The van der Waals surface area contributed by atoms with Crippen LogP contribution in [0.4, 0.5) is 0 Å². The van der Waals surface area contributed by atoms with Crippen LogP contribution in [0.2, 0.25) is 10.0 Å². The summed E-state index contributed by atoms with van der Waals surface area (Å²) in [5, 5.41) is 8.39. The fraction of sp³-hybridized carbons (Fsp3) is 0.375. The van der Waals surface area contributed by atoms with Crippen LogP contribution in [0.25, 0.3) is 0 Å². The lowest BCUT2D eigenvalue weighted by atomic mass is 9.59. The molecule has 0 spiro atoms. The smallest absolute Gasteiger partial charge is 0.258 e. The molecule has 4 rings (SSSR count). The van der Waals surface area contributed by atoms with E-state index in [-0.39, 0.29) is 30.1 Å². The summed E-state index contributed by atoms with van der Waals surface area (Å²) < 4.78 is 16.8. The molecule has 0 unspecified atom stereocenters. The predicted molar refractivity (Wildman–Crippen MR) is 125 cm³/mol. The molecule has 1 amide bonds. The number of ether oxygens (including phenoxy) is 2. The second kappa shape index (κ2) is 9.23. The molecule has 0 atom stereocenters. The summed E-state index contributed by atoms with van der Waals surface area (Å²) >= 11 is 11.9. The number of rotatable bonds is 8. The summed E-state index contributed by atoms with van der Waals surface area (Å²) in [5.41, 5.74) is 0.204. The number of carbonyl (C=O) groups excluding carboxylic acids is 1. The Kier molecular flexibility index (Phi) is 6.54. The molecule has 0 aliphatic heterocycles. The third-order valence-electron chi connectivity index (χ3n) is 5.67. The number of hydrogen-bond donors (Lipinski definition) is 1. The first-order valence-electron chi connectivity index (χ1n) is 10.6. The number of aryl methyl sites for hydroxylation is 1. The van der Waals surface area contributed by atoms with Gasteiger partial charge in [-0.05, 0) is 74.7 Å². The molecule has 0 radical (unpaired) electrons. The summed E-state index contributed by atoms with van der Waals surface area (Å²) in [6.45, 7) is 6.06. The molecule has 1 N–H and O–H groups in total. The molecule has 0 saturated heterocycles. The highest BCUT2D eigenvalue weighted by molar-refractivity contribution is 6.31. The Balaban J connectivity index is 1.27. The molecule has 3 aromatic rings. The lowest BCUT2D eigenvalue weighted by Gasteiger charge is -2.51. The minimum Gasteiger partial charge on any atom is -0.485 e. The van der Waals surface area contributed by atoms with Crippen LogP contribution in [-0.4, -0.2) is 28.2 Å². The lowest BCUT2D eigenvalue weighted by Crippen LogP contribution is -2.61. The molecule has 1 aliphatic carbocycles. The SMILES string of the molecule is Cc1cc(OCC(=O)NC2(C)CC(C)(c3nc(COc4ccc(Cl)cc4)no3)C2)ccc1Cl. The third-order valence-corrected chi connectivity index (χ3v) is 6.34. The summed E-state index contributed by atoms with van der Waals surface area (Å²) in [6.07, 6.45) is 1.34. The molecule has 1 aliphatic rings. The van der Waals surface area contributed by atoms with Crippen molar-refractivity contribution in [2.24, 2.45) is 0 Å². The Morgan fingerprint density at radius 2 is 1.79 bits per heavy atom. The zero-order valence-electron chi connectivity index (χ0n) is 18.7. The summed E-state index contributed by atoms with van der Waals surface area (Å²) in [5.74, 6) is 2.10. The second-order valence-corrected chi connectivity index (χ2v) is 9.82. The Morgan fingerprint density at radius 3 is 2.48 bits per heavy atom. The summed E-state index contributed by atoms with van der Waals surface area (Å²) in [6, 6.07) is 12.4. The molecule has 33 heavy (non-hydrogen) atoms. The summed E-state index contributed by atoms with van der Waals surface area (Å²) in [7, 11) is 0. The van der Waals surface area contributed by atoms with Crippen LogP contribution in [0, 0.1) is 6.92 Å². The Morgan fingerprint density at radius 1 is 1.09 bits per heavy atom. The van der Waals surface area contributed by atoms with Gasteiger partial charge in [0.15, 0.2) is 13.2 Å². The molecule has 0 bridgehead atoms. The zero-order chi connectivity index (χ0) is 23.6. The van der Waals surface area contributed by atoms with Crippen molar-refractivity contribution in [3.05, 3.63) is 69.8 Å². The van der Waals surface area contributed by atoms with Gasteiger partial charge < -0.3 is 19.3 Å². The van der Waals surface area contributed by atoms with Crippen molar-refractivity contribution in [2.45, 2.75) is 51.2 Å². The van der Waals surface area contributed by atoms with Crippen LogP contribution in [0.3, 0.4) is 0 Å². The largest absolute Gasteiger partial charge is 0.485 e. The van der Waals surface area contributed by atoms with E-state index in [1.54, 1.807) is 36.4 Å². The lowest BCUT2D eigenvalue weighted by molar-refractivity contribution is -0.127. The maximum atomic E-state index is 12.4. The van der Waals surface area contributed by atoms with E-state index in [4.69, 9.17) is 37.2 Å². The highest BCUT2D eigenvalue weighted by atomic mass is 35.5. The molecule has 1 fully saturated rings. The highest BCUT2D eigenvalue weighted by Crippen LogP contribution is 2.49. The van der Waals surface area contributed by atoms with E-state index in [0.717, 1.165) is 5.56 Å². The van der Waals surface area contributed by atoms with Crippen molar-refractivity contribution in [1.82, 2.24) is 15.5 Å². The molecule has 1 aromatic heterocycles. The Bertz CT molecular complexity index is 1140. The van der Waals surface area contributed by atoms with Crippen molar-refractivity contribution in [3.8, 4) is 11.5 Å². The predicted octanol–water partition coefficient (Wildman–Crippen LogP) is 5.27. The third kappa shape index (κ3) is 5.60. The number of amides is 1. The van der Waals surface area contributed by atoms with Gasteiger partial charge in [0.2, 0.25) is 11.7 Å². The van der Waals surface area contributed by atoms with E-state index in [1.807, 2.05) is 26.8 Å². The molecule has 1 saturated carbocycles. The van der Waals surface area contributed by atoms with Crippen LogP contribution in [-0.2, 0) is 16.8 Å². The van der Waals surface area contributed by atoms with Crippen molar-refractivity contribution < 1.29 is 18.8 Å². The zero-order valence-corrected chi connectivity index (χ0v) is 20.2. The first-order chi connectivity index (χ1) is 15.6. The van der Waals surface area contributed by atoms with Gasteiger partial charge in [-0.2, -0.15) is 4.98 Å². The fourth-order valence-corrected chi connectivity index (χ4v) is 4.62. The number of aromatic nitrogens is 2.